The minimum absolute atomic E-state index is 0.0665. The van der Waals surface area contributed by atoms with E-state index in [2.05, 4.69) is 21.2 Å². The molecule has 0 radical (unpaired) electrons. The van der Waals surface area contributed by atoms with Gasteiger partial charge in [-0.05, 0) is 52.7 Å². The van der Waals surface area contributed by atoms with Crippen molar-refractivity contribution in [2.75, 3.05) is 7.11 Å². The maximum absolute atomic E-state index is 13.1. The van der Waals surface area contributed by atoms with Crippen molar-refractivity contribution in [3.8, 4) is 5.75 Å². The number of nitrogens with one attached hydrogen (secondary N) is 1. The van der Waals surface area contributed by atoms with Crippen LogP contribution in [0.15, 0.2) is 16.6 Å². The lowest BCUT2D eigenvalue weighted by Crippen LogP contribution is -2.40. The van der Waals surface area contributed by atoms with Crippen LogP contribution in [0, 0.1) is 11.8 Å². The molecule has 0 aliphatic heterocycles. The van der Waals surface area contributed by atoms with Crippen LogP contribution in [0.1, 0.15) is 73.7 Å². The number of halogens is 4. The summed E-state index contributed by atoms with van der Waals surface area (Å²) in [5.41, 5.74) is -0.716. The van der Waals surface area contributed by atoms with Crippen LogP contribution in [0.3, 0.4) is 0 Å². The van der Waals surface area contributed by atoms with Crippen LogP contribution in [0.4, 0.5) is 13.2 Å². The lowest BCUT2D eigenvalue weighted by Gasteiger charge is -2.29. The molecule has 2 aliphatic carbocycles. The second kappa shape index (κ2) is 9.06. The number of ether oxygens (including phenoxy) is 1. The van der Waals surface area contributed by atoms with Gasteiger partial charge in [-0.2, -0.15) is 13.2 Å². The molecule has 0 aromatic heterocycles. The van der Waals surface area contributed by atoms with Gasteiger partial charge < -0.3 is 10.1 Å². The van der Waals surface area contributed by atoms with Gasteiger partial charge in [-0.25, -0.2) is 0 Å². The normalized spacial score (nSPS) is 24.0. The Labute approximate surface area is 172 Å². The highest BCUT2D eigenvalue weighted by Crippen LogP contribution is 2.40. The number of carbonyl (C=O) groups is 1. The molecule has 28 heavy (non-hydrogen) atoms. The molecule has 156 valence electrons. The molecule has 2 saturated carbocycles. The highest BCUT2D eigenvalue weighted by atomic mass is 79.9. The maximum atomic E-state index is 13.1. The SMILES string of the molecule is COc1cc(C(F)(F)F)cc(Br)c1C(=O)NC1CCCC1C1CCCCCC1. The quantitative estimate of drug-likeness (QED) is 0.530. The van der Waals surface area contributed by atoms with E-state index in [-0.39, 0.29) is 27.7 Å². The van der Waals surface area contributed by atoms with Crippen molar-refractivity contribution < 1.29 is 22.7 Å². The molecule has 1 aromatic carbocycles. The Balaban J connectivity index is 1.78. The average molecular weight is 462 g/mol. The van der Waals surface area contributed by atoms with Gasteiger partial charge in [-0.15, -0.1) is 0 Å². The summed E-state index contributed by atoms with van der Waals surface area (Å²) in [6, 6.07) is 1.90. The van der Waals surface area contributed by atoms with Crippen LogP contribution < -0.4 is 10.1 Å². The van der Waals surface area contributed by atoms with Crippen molar-refractivity contribution in [3.05, 3.63) is 27.7 Å². The second-order valence-electron chi connectivity index (χ2n) is 7.96. The third-order valence-corrected chi connectivity index (χ3v) is 6.85. The number of hydrogen-bond donors (Lipinski definition) is 1. The summed E-state index contributed by atoms with van der Waals surface area (Å²) >= 11 is 3.14. The molecule has 1 aromatic rings. The molecule has 0 spiro atoms. The fourth-order valence-electron chi connectivity index (χ4n) is 4.84. The molecule has 7 heteroatoms. The van der Waals surface area contributed by atoms with E-state index >= 15 is 0 Å². The number of alkyl halides is 3. The van der Waals surface area contributed by atoms with E-state index in [1.165, 1.54) is 45.6 Å². The Morgan fingerprint density at radius 1 is 1.07 bits per heavy atom. The summed E-state index contributed by atoms with van der Waals surface area (Å²) in [7, 11) is 1.28. The highest BCUT2D eigenvalue weighted by Gasteiger charge is 2.37. The minimum Gasteiger partial charge on any atom is -0.496 e. The first-order valence-electron chi connectivity index (χ1n) is 10.1. The Kier molecular flexibility index (Phi) is 6.94. The highest BCUT2D eigenvalue weighted by molar-refractivity contribution is 9.10. The molecule has 2 aliphatic rings. The molecule has 2 fully saturated rings. The number of hydrogen-bond acceptors (Lipinski definition) is 2. The van der Waals surface area contributed by atoms with Crippen LogP contribution in [0.2, 0.25) is 0 Å². The van der Waals surface area contributed by atoms with E-state index in [4.69, 9.17) is 4.74 Å². The van der Waals surface area contributed by atoms with Gasteiger partial charge in [-0.1, -0.05) is 44.9 Å². The van der Waals surface area contributed by atoms with Crippen molar-refractivity contribution in [2.24, 2.45) is 11.8 Å². The van der Waals surface area contributed by atoms with Gasteiger partial charge in [0.05, 0.1) is 18.2 Å². The molecule has 0 saturated heterocycles. The van der Waals surface area contributed by atoms with E-state index in [1.807, 2.05) is 0 Å². The molecule has 1 N–H and O–H groups in total. The van der Waals surface area contributed by atoms with Crippen molar-refractivity contribution in [2.45, 2.75) is 70.0 Å². The predicted octanol–water partition coefficient (Wildman–Crippen LogP) is 6.35. The standard InChI is InChI=1S/C21H27BrF3NO2/c1-28-18-12-14(21(23,24)25)11-16(22)19(18)20(27)26-17-10-6-9-15(17)13-7-4-2-3-5-8-13/h11-13,15,17H,2-10H2,1H3,(H,26,27). The lowest BCUT2D eigenvalue weighted by molar-refractivity contribution is -0.137. The molecule has 2 unspecified atom stereocenters. The summed E-state index contributed by atoms with van der Waals surface area (Å²) in [6.07, 6.45) is 6.12. The van der Waals surface area contributed by atoms with Crippen LogP contribution >= 0.6 is 15.9 Å². The second-order valence-corrected chi connectivity index (χ2v) is 8.81. The number of carbonyl (C=O) groups excluding carboxylic acids is 1. The number of rotatable bonds is 4. The molecular formula is C21H27BrF3NO2. The summed E-state index contributed by atoms with van der Waals surface area (Å²) in [5, 5.41) is 3.11. The fourth-order valence-corrected chi connectivity index (χ4v) is 5.46. The van der Waals surface area contributed by atoms with E-state index in [9.17, 15) is 18.0 Å². The smallest absolute Gasteiger partial charge is 0.416 e. The molecule has 1 amide bonds. The van der Waals surface area contributed by atoms with Gasteiger partial charge in [0, 0.05) is 10.5 Å². The zero-order valence-corrected chi connectivity index (χ0v) is 17.7. The zero-order valence-electron chi connectivity index (χ0n) is 16.1. The lowest BCUT2D eigenvalue weighted by atomic mass is 9.82. The third kappa shape index (κ3) is 4.84. The summed E-state index contributed by atoms with van der Waals surface area (Å²) in [5.74, 6) is 0.653. The van der Waals surface area contributed by atoms with Crippen molar-refractivity contribution in [1.29, 1.82) is 0 Å². The zero-order chi connectivity index (χ0) is 20.3. The van der Waals surface area contributed by atoms with Gasteiger partial charge in [0.1, 0.15) is 5.75 Å². The average Bonchev–Trinajstić information content (AvgIpc) is 2.92. The van der Waals surface area contributed by atoms with Gasteiger partial charge in [0.2, 0.25) is 0 Å². The number of benzene rings is 1. The first-order valence-corrected chi connectivity index (χ1v) is 10.9. The van der Waals surface area contributed by atoms with E-state index in [0.717, 1.165) is 31.4 Å². The van der Waals surface area contributed by atoms with Crippen molar-refractivity contribution in [1.82, 2.24) is 5.32 Å². The topological polar surface area (TPSA) is 38.3 Å². The molecule has 2 atom stereocenters. The third-order valence-electron chi connectivity index (χ3n) is 6.22. The van der Waals surface area contributed by atoms with E-state index < -0.39 is 11.7 Å². The van der Waals surface area contributed by atoms with Crippen LogP contribution in [0.5, 0.6) is 5.75 Å². The molecule has 0 heterocycles. The van der Waals surface area contributed by atoms with Gasteiger partial charge in [-0.3, -0.25) is 4.79 Å². The maximum Gasteiger partial charge on any atom is 0.416 e. The van der Waals surface area contributed by atoms with E-state index in [1.54, 1.807) is 0 Å². The fraction of sp³-hybridized carbons (Fsp3) is 0.667. The largest absolute Gasteiger partial charge is 0.496 e. The first kappa shape index (κ1) is 21.5. The summed E-state index contributed by atoms with van der Waals surface area (Å²) < 4.78 is 44.4. The molecule has 3 nitrogen and oxygen atoms in total. The van der Waals surface area contributed by atoms with Gasteiger partial charge in [0.15, 0.2) is 0 Å². The Hall–Kier alpha value is -1.24. The van der Waals surface area contributed by atoms with Gasteiger partial charge in [0.25, 0.3) is 5.91 Å². The summed E-state index contributed by atoms with van der Waals surface area (Å²) in [4.78, 5) is 13.0. The van der Waals surface area contributed by atoms with Crippen LogP contribution in [-0.2, 0) is 6.18 Å². The van der Waals surface area contributed by atoms with Crippen LogP contribution in [-0.4, -0.2) is 19.1 Å². The predicted molar refractivity (Wildman–Crippen MR) is 105 cm³/mol. The molecule has 0 bridgehead atoms. The van der Waals surface area contributed by atoms with Crippen molar-refractivity contribution in [3.63, 3.8) is 0 Å². The van der Waals surface area contributed by atoms with Crippen LogP contribution in [0.25, 0.3) is 0 Å². The summed E-state index contributed by atoms with van der Waals surface area (Å²) in [6.45, 7) is 0. The Bertz CT molecular complexity index is 700. The molecular weight excluding hydrogens is 435 g/mol. The Morgan fingerprint density at radius 2 is 1.75 bits per heavy atom. The van der Waals surface area contributed by atoms with Gasteiger partial charge >= 0.3 is 6.18 Å². The monoisotopic (exact) mass is 461 g/mol. The molecule has 3 rings (SSSR count). The first-order chi connectivity index (χ1) is 13.3. The number of amides is 1. The minimum atomic E-state index is -4.50. The number of methoxy groups -OCH3 is 1. The Morgan fingerprint density at radius 3 is 2.36 bits per heavy atom. The van der Waals surface area contributed by atoms with E-state index in [0.29, 0.717) is 11.8 Å². The van der Waals surface area contributed by atoms with Crippen molar-refractivity contribution >= 4 is 21.8 Å².